The van der Waals surface area contributed by atoms with Crippen LogP contribution < -0.4 is 20.1 Å². The molecule has 60 heavy (non-hydrogen) atoms. The first-order chi connectivity index (χ1) is 28.8. The summed E-state index contributed by atoms with van der Waals surface area (Å²) < 4.78 is 38.7. The van der Waals surface area contributed by atoms with Crippen molar-refractivity contribution in [3.63, 3.8) is 0 Å². The van der Waals surface area contributed by atoms with Crippen LogP contribution in [0, 0.1) is 22.0 Å². The summed E-state index contributed by atoms with van der Waals surface area (Å²) in [7, 11) is 1.22. The van der Waals surface area contributed by atoms with Gasteiger partial charge in [-0.3, -0.25) is 19.7 Å². The van der Waals surface area contributed by atoms with Crippen LogP contribution in [0.3, 0.4) is 0 Å². The van der Waals surface area contributed by atoms with Crippen molar-refractivity contribution in [2.24, 2.45) is 11.8 Å². The third-order valence-electron chi connectivity index (χ3n) is 10.2. The number of methoxy groups -OCH3 is 1. The second-order valence-electron chi connectivity index (χ2n) is 14.1. The van der Waals surface area contributed by atoms with E-state index >= 15 is 0 Å². The number of hydrogen-bond donors (Lipinski definition) is 2. The summed E-state index contributed by atoms with van der Waals surface area (Å²) in [4.78, 5) is 73.7. The van der Waals surface area contributed by atoms with Crippen molar-refractivity contribution in [2.75, 3.05) is 25.6 Å². The number of amides is 2. The first kappa shape index (κ1) is 42.6. The first-order valence-corrected chi connectivity index (χ1v) is 19.0. The second-order valence-corrected chi connectivity index (χ2v) is 14.1. The van der Waals surface area contributed by atoms with Crippen LogP contribution in [0.4, 0.5) is 21.0 Å². The van der Waals surface area contributed by atoms with Crippen molar-refractivity contribution in [2.45, 2.75) is 58.2 Å². The van der Waals surface area contributed by atoms with Crippen molar-refractivity contribution in [3.05, 3.63) is 118 Å². The van der Waals surface area contributed by atoms with Crippen molar-refractivity contribution in [1.82, 2.24) is 5.32 Å². The lowest BCUT2D eigenvalue weighted by atomic mass is 9.83. The van der Waals surface area contributed by atoms with Crippen molar-refractivity contribution in [1.29, 1.82) is 0 Å². The van der Waals surface area contributed by atoms with Crippen LogP contribution >= 0.6 is 0 Å². The fraction of sp³-hybridized carbons (Fsp3) is 0.326. The number of rotatable bonds is 14. The predicted octanol–water partition coefficient (Wildman–Crippen LogP) is 6.66. The highest BCUT2D eigenvalue weighted by molar-refractivity contribution is 5.92. The average molecular weight is 826 g/mol. The van der Waals surface area contributed by atoms with Gasteiger partial charge in [-0.2, -0.15) is 0 Å². The minimum Gasteiger partial charge on any atom is -0.467 e. The van der Waals surface area contributed by atoms with Crippen LogP contribution in [0.2, 0.25) is 0 Å². The zero-order chi connectivity index (χ0) is 42.9. The van der Waals surface area contributed by atoms with E-state index in [9.17, 15) is 34.1 Å². The van der Waals surface area contributed by atoms with Crippen molar-refractivity contribution < 1.29 is 62.1 Å². The normalized spacial score (nSPS) is 19.1. The minimum absolute atomic E-state index is 0.0117. The number of carbonyl (C=O) groups excluding carboxylic acids is 5. The molecule has 0 saturated carbocycles. The Labute approximate surface area is 344 Å². The third kappa shape index (κ3) is 10.2. The zero-order valence-electron chi connectivity index (χ0n) is 33.1. The number of fused-ring (bicyclic) bond motifs is 3. The summed E-state index contributed by atoms with van der Waals surface area (Å²) >= 11 is 0. The Balaban J connectivity index is 1.12. The number of anilines is 1. The average Bonchev–Trinajstić information content (AvgIpc) is 3.55. The van der Waals surface area contributed by atoms with Crippen LogP contribution in [-0.4, -0.2) is 73.8 Å². The van der Waals surface area contributed by atoms with Gasteiger partial charge < -0.3 is 43.8 Å². The number of nitrogens with zero attached hydrogens (tertiary/aromatic N) is 1. The van der Waals surface area contributed by atoms with E-state index in [4.69, 9.17) is 33.2 Å². The molecule has 1 fully saturated rings. The van der Waals surface area contributed by atoms with E-state index in [1.807, 2.05) is 48.5 Å². The number of benzene rings is 4. The summed E-state index contributed by atoms with van der Waals surface area (Å²) in [6.07, 6.45) is -5.37. The largest absolute Gasteiger partial charge is 0.514 e. The highest BCUT2D eigenvalue weighted by Crippen LogP contribution is 2.44. The van der Waals surface area contributed by atoms with E-state index in [1.165, 1.54) is 56.5 Å². The molecule has 5 atom stereocenters. The molecule has 17 nitrogen and oxygen atoms in total. The van der Waals surface area contributed by atoms with Crippen LogP contribution in [0.25, 0.3) is 11.1 Å². The molecule has 0 aromatic heterocycles. The molecular formula is C43H43N3O14. The molecule has 1 aliphatic heterocycles. The lowest BCUT2D eigenvalue weighted by molar-refractivity contribution is -0.384. The van der Waals surface area contributed by atoms with Gasteiger partial charge in [-0.1, -0.05) is 68.4 Å². The van der Waals surface area contributed by atoms with Crippen LogP contribution in [-0.2, 0) is 44.7 Å². The maximum Gasteiger partial charge on any atom is 0.514 e. The molecule has 17 heteroatoms. The van der Waals surface area contributed by atoms with E-state index in [0.29, 0.717) is 5.56 Å². The molecule has 2 amide bonds. The van der Waals surface area contributed by atoms with Gasteiger partial charge in [-0.05, 0) is 58.0 Å². The van der Waals surface area contributed by atoms with E-state index in [0.717, 1.165) is 22.3 Å². The summed E-state index contributed by atoms with van der Waals surface area (Å²) in [5.41, 5.74) is 4.54. The van der Waals surface area contributed by atoms with Gasteiger partial charge in [-0.15, -0.1) is 0 Å². The molecular weight excluding hydrogens is 782 g/mol. The van der Waals surface area contributed by atoms with Gasteiger partial charge in [0.25, 0.3) is 5.69 Å². The molecule has 4 aromatic rings. The number of alkyl carbamates (subject to hydrolysis) is 1. The lowest BCUT2D eigenvalue weighted by Gasteiger charge is -2.42. The smallest absolute Gasteiger partial charge is 0.467 e. The molecule has 1 aliphatic carbocycles. The van der Waals surface area contributed by atoms with Crippen molar-refractivity contribution >= 4 is 41.5 Å². The van der Waals surface area contributed by atoms with E-state index in [1.54, 1.807) is 13.8 Å². The Morgan fingerprint density at radius 1 is 0.850 bits per heavy atom. The van der Waals surface area contributed by atoms with Gasteiger partial charge in [0, 0.05) is 43.9 Å². The number of esters is 2. The molecule has 4 aromatic carbocycles. The molecule has 314 valence electrons. The Kier molecular flexibility index (Phi) is 13.6. The number of nitrogens with one attached hydrogen (secondary N) is 2. The number of non-ortho nitro benzene ring substituents is 1. The summed E-state index contributed by atoms with van der Waals surface area (Å²) in [5.74, 6) is -2.79. The quantitative estimate of drug-likeness (QED) is 0.0447. The molecule has 1 saturated heterocycles. The number of nitro benzene ring substituents is 1. The van der Waals surface area contributed by atoms with Crippen LogP contribution in [0.15, 0.2) is 91.0 Å². The number of carbonyl (C=O) groups is 5. The van der Waals surface area contributed by atoms with Gasteiger partial charge >= 0.3 is 24.2 Å². The maximum atomic E-state index is 13.3. The number of nitro groups is 1. The maximum absolute atomic E-state index is 13.3. The Bertz CT molecular complexity index is 2200. The molecule has 0 spiro atoms. The fourth-order valence-corrected chi connectivity index (χ4v) is 7.04. The van der Waals surface area contributed by atoms with Gasteiger partial charge in [0.2, 0.25) is 12.2 Å². The third-order valence-corrected chi connectivity index (χ3v) is 10.2. The number of hydrogen-bond acceptors (Lipinski definition) is 14. The SMILES string of the molecule is COC(=O)C1O[C@@H](Oc2ccc(COC(=O)Oc3ccc([N+](=O)[O-])cc3)cc2NC(=O)CCNC(=O)OCC2c3ccccc3-c3ccccc32)C(OC(C)=O)[C@@H](C)[C@@H]1C. The fourth-order valence-electron chi connectivity index (χ4n) is 7.04. The van der Waals surface area contributed by atoms with Crippen LogP contribution in [0.1, 0.15) is 49.8 Å². The summed E-state index contributed by atoms with van der Waals surface area (Å²) in [6.45, 7) is 4.41. The van der Waals surface area contributed by atoms with Gasteiger partial charge in [0.1, 0.15) is 24.7 Å². The molecule has 2 aliphatic rings. The predicted molar refractivity (Wildman–Crippen MR) is 212 cm³/mol. The van der Waals surface area contributed by atoms with E-state index in [-0.39, 0.29) is 55.0 Å². The Morgan fingerprint density at radius 2 is 1.52 bits per heavy atom. The minimum atomic E-state index is -1.33. The van der Waals surface area contributed by atoms with Gasteiger partial charge in [0.15, 0.2) is 12.2 Å². The second kappa shape index (κ2) is 19.2. The molecule has 6 rings (SSSR count). The van der Waals surface area contributed by atoms with E-state index < -0.39 is 65.4 Å². The highest BCUT2D eigenvalue weighted by Gasteiger charge is 2.48. The van der Waals surface area contributed by atoms with Crippen molar-refractivity contribution in [3.8, 4) is 22.6 Å². The highest BCUT2D eigenvalue weighted by atomic mass is 16.7. The molecule has 1 heterocycles. The topological polar surface area (TPSA) is 217 Å². The number of ether oxygens (including phenoxy) is 7. The standard InChI is InChI=1S/C43H43N3O14/c1-24-25(2)39(57-26(3)47)41(60-38(24)40(49)54-4)59-36-18-13-27(22-56-43(51)58-29-16-14-28(15-17-29)46(52)53)21-35(36)45-37(48)19-20-44-42(50)55-23-34-32-11-7-5-9-30(32)31-10-6-8-12-33(31)34/h5-18,21,24-25,34,38-39,41H,19-20,22-23H2,1-4H3,(H,44,50)(H,45,48)/t24-,25-,38?,39?,41+/m0/s1. The summed E-state index contributed by atoms with van der Waals surface area (Å²) in [5, 5.41) is 16.3. The summed E-state index contributed by atoms with van der Waals surface area (Å²) in [6, 6.07) is 25.1. The van der Waals surface area contributed by atoms with Crippen LogP contribution in [0.5, 0.6) is 11.5 Å². The monoisotopic (exact) mass is 825 g/mol. The molecule has 0 bridgehead atoms. The van der Waals surface area contributed by atoms with Gasteiger partial charge in [-0.25, -0.2) is 14.4 Å². The Hall–Kier alpha value is -7.01. The lowest BCUT2D eigenvalue weighted by Crippen LogP contribution is -2.55. The zero-order valence-corrected chi connectivity index (χ0v) is 33.1. The first-order valence-electron chi connectivity index (χ1n) is 19.0. The Morgan fingerprint density at radius 3 is 2.15 bits per heavy atom. The van der Waals surface area contributed by atoms with E-state index in [2.05, 4.69) is 10.6 Å². The molecule has 0 radical (unpaired) electrons. The molecule has 2 unspecified atom stereocenters. The molecule has 2 N–H and O–H groups in total. The van der Waals surface area contributed by atoms with Gasteiger partial charge in [0.05, 0.1) is 17.7 Å².